The molecule has 7 nitrogen and oxygen atoms in total. The lowest BCUT2D eigenvalue weighted by molar-refractivity contribution is -0.131. The van der Waals surface area contributed by atoms with Gasteiger partial charge < -0.3 is 10.2 Å². The second kappa shape index (κ2) is 9.47. The summed E-state index contributed by atoms with van der Waals surface area (Å²) in [5.74, 6) is 0.584. The van der Waals surface area contributed by atoms with Gasteiger partial charge in [0.05, 0.1) is 17.7 Å². The Morgan fingerprint density at radius 2 is 1.90 bits per heavy atom. The number of aryl methyl sites for hydroxylation is 1. The van der Waals surface area contributed by atoms with E-state index < -0.39 is 0 Å². The molecule has 1 saturated heterocycles. The Hall–Kier alpha value is -3.61. The molecule has 1 aliphatic rings. The number of hydrogen-bond donors (Lipinski definition) is 1. The zero-order valence-corrected chi connectivity index (χ0v) is 17.5. The molecule has 1 aromatic carbocycles. The van der Waals surface area contributed by atoms with Crippen LogP contribution in [0.4, 0.5) is 5.69 Å². The molecule has 0 unspecified atom stereocenters. The van der Waals surface area contributed by atoms with Crippen LogP contribution < -0.4 is 5.32 Å². The standard InChI is InChI=1S/C24H25N5O2/c1-17-21(24(31)28-19-9-3-2-4-10-19)15-26-23(27-17)18-8-7-13-29(16-18)22(30)14-20-11-5-6-12-25-20/h2-6,9-12,15,18H,7-8,13-14,16H2,1H3,(H,28,31)/t18-/m1/s1. The van der Waals surface area contributed by atoms with E-state index >= 15 is 0 Å². The van der Waals surface area contributed by atoms with Gasteiger partial charge in [-0.1, -0.05) is 24.3 Å². The third-order valence-corrected chi connectivity index (χ3v) is 5.47. The zero-order valence-electron chi connectivity index (χ0n) is 17.5. The van der Waals surface area contributed by atoms with Gasteiger partial charge in [-0.25, -0.2) is 9.97 Å². The van der Waals surface area contributed by atoms with E-state index in [1.54, 1.807) is 12.4 Å². The summed E-state index contributed by atoms with van der Waals surface area (Å²) in [5, 5.41) is 2.87. The average molecular weight is 415 g/mol. The molecule has 158 valence electrons. The molecule has 0 spiro atoms. The first-order chi connectivity index (χ1) is 15.1. The number of benzene rings is 1. The molecule has 3 aromatic rings. The topological polar surface area (TPSA) is 88.1 Å². The van der Waals surface area contributed by atoms with Gasteiger partial charge in [0.15, 0.2) is 0 Å². The Morgan fingerprint density at radius 3 is 2.65 bits per heavy atom. The van der Waals surface area contributed by atoms with Crippen LogP contribution in [-0.4, -0.2) is 44.8 Å². The molecule has 2 amide bonds. The lowest BCUT2D eigenvalue weighted by atomic mass is 9.96. The first kappa shape index (κ1) is 20.7. The minimum absolute atomic E-state index is 0.0615. The van der Waals surface area contributed by atoms with Crippen LogP contribution in [0.3, 0.4) is 0 Å². The Balaban J connectivity index is 1.42. The largest absolute Gasteiger partial charge is 0.342 e. The fourth-order valence-electron chi connectivity index (χ4n) is 3.81. The number of piperidine rings is 1. The SMILES string of the molecule is Cc1nc([C@@H]2CCCN(C(=O)Cc3ccccn3)C2)ncc1C(=O)Nc1ccccc1. The second-order valence-corrected chi connectivity index (χ2v) is 7.72. The summed E-state index contributed by atoms with van der Waals surface area (Å²) in [6, 6.07) is 14.9. The molecule has 31 heavy (non-hydrogen) atoms. The van der Waals surface area contributed by atoms with Crippen LogP contribution in [0.1, 0.15) is 46.3 Å². The quantitative estimate of drug-likeness (QED) is 0.690. The molecule has 7 heteroatoms. The number of anilines is 1. The van der Waals surface area contributed by atoms with E-state index in [1.165, 1.54) is 0 Å². The molecule has 4 rings (SSSR count). The molecular weight excluding hydrogens is 390 g/mol. The van der Waals surface area contributed by atoms with Crippen molar-refractivity contribution in [1.29, 1.82) is 0 Å². The average Bonchev–Trinajstić information content (AvgIpc) is 2.80. The first-order valence-electron chi connectivity index (χ1n) is 10.5. The lowest BCUT2D eigenvalue weighted by Gasteiger charge is -2.32. The normalized spacial score (nSPS) is 16.0. The second-order valence-electron chi connectivity index (χ2n) is 7.72. The van der Waals surface area contributed by atoms with Crippen molar-refractivity contribution in [2.24, 2.45) is 0 Å². The first-order valence-corrected chi connectivity index (χ1v) is 10.5. The van der Waals surface area contributed by atoms with Crippen LogP contribution in [0.15, 0.2) is 60.9 Å². The van der Waals surface area contributed by atoms with E-state index in [0.717, 1.165) is 30.8 Å². The van der Waals surface area contributed by atoms with E-state index in [0.29, 0.717) is 30.0 Å². The fraction of sp³-hybridized carbons (Fsp3) is 0.292. The molecule has 1 N–H and O–H groups in total. The Labute approximate surface area is 181 Å². The molecule has 0 aliphatic carbocycles. The van der Waals surface area contributed by atoms with Crippen molar-refractivity contribution in [1.82, 2.24) is 19.9 Å². The number of para-hydroxylation sites is 1. The Morgan fingerprint density at radius 1 is 1.10 bits per heavy atom. The van der Waals surface area contributed by atoms with Crippen molar-refractivity contribution < 1.29 is 9.59 Å². The third-order valence-electron chi connectivity index (χ3n) is 5.47. The summed E-state index contributed by atoms with van der Waals surface area (Å²) in [4.78, 5) is 40.5. The highest BCUT2D eigenvalue weighted by Crippen LogP contribution is 2.25. The maximum Gasteiger partial charge on any atom is 0.259 e. The van der Waals surface area contributed by atoms with Crippen LogP contribution in [0, 0.1) is 6.92 Å². The number of aromatic nitrogens is 3. The zero-order chi connectivity index (χ0) is 21.6. The monoisotopic (exact) mass is 415 g/mol. The van der Waals surface area contributed by atoms with E-state index in [-0.39, 0.29) is 17.7 Å². The predicted molar refractivity (Wildman–Crippen MR) is 118 cm³/mol. The van der Waals surface area contributed by atoms with Crippen molar-refractivity contribution in [3.8, 4) is 0 Å². The fourth-order valence-corrected chi connectivity index (χ4v) is 3.81. The molecule has 1 atom stereocenters. The Kier molecular flexibility index (Phi) is 6.31. The van der Waals surface area contributed by atoms with Gasteiger partial charge in [0.1, 0.15) is 5.82 Å². The summed E-state index contributed by atoms with van der Waals surface area (Å²) in [5.41, 5.74) is 2.59. The highest BCUT2D eigenvalue weighted by molar-refractivity contribution is 6.04. The third kappa shape index (κ3) is 5.12. The summed E-state index contributed by atoms with van der Waals surface area (Å²) in [6.45, 7) is 3.14. The number of amides is 2. The molecule has 1 aliphatic heterocycles. The van der Waals surface area contributed by atoms with Crippen LogP contribution in [0.2, 0.25) is 0 Å². The maximum atomic E-state index is 12.7. The van der Waals surface area contributed by atoms with Crippen LogP contribution in [0.25, 0.3) is 0 Å². The summed E-state index contributed by atoms with van der Waals surface area (Å²) in [6.07, 6.45) is 5.41. The van der Waals surface area contributed by atoms with Crippen molar-refractivity contribution in [2.45, 2.75) is 32.1 Å². The summed E-state index contributed by atoms with van der Waals surface area (Å²) < 4.78 is 0. The van der Waals surface area contributed by atoms with E-state index in [2.05, 4.69) is 20.3 Å². The van der Waals surface area contributed by atoms with E-state index in [4.69, 9.17) is 0 Å². The predicted octanol–water partition coefficient (Wildman–Crippen LogP) is 3.38. The Bertz CT molecular complexity index is 1060. The van der Waals surface area contributed by atoms with Gasteiger partial charge in [-0.3, -0.25) is 14.6 Å². The lowest BCUT2D eigenvalue weighted by Crippen LogP contribution is -2.40. The number of likely N-dealkylation sites (tertiary alicyclic amines) is 1. The van der Waals surface area contributed by atoms with E-state index in [1.807, 2.05) is 60.4 Å². The highest BCUT2D eigenvalue weighted by Gasteiger charge is 2.27. The molecule has 0 radical (unpaired) electrons. The highest BCUT2D eigenvalue weighted by atomic mass is 16.2. The van der Waals surface area contributed by atoms with Crippen molar-refractivity contribution in [3.05, 3.63) is 83.7 Å². The minimum atomic E-state index is -0.231. The molecule has 1 fully saturated rings. The molecule has 3 heterocycles. The van der Waals surface area contributed by atoms with Crippen molar-refractivity contribution >= 4 is 17.5 Å². The van der Waals surface area contributed by atoms with Crippen LogP contribution in [0.5, 0.6) is 0 Å². The number of nitrogens with one attached hydrogen (secondary N) is 1. The number of pyridine rings is 1. The molecule has 0 bridgehead atoms. The smallest absolute Gasteiger partial charge is 0.259 e. The van der Waals surface area contributed by atoms with Gasteiger partial charge in [-0.05, 0) is 44.0 Å². The number of carbonyl (C=O) groups is 2. The van der Waals surface area contributed by atoms with Gasteiger partial charge in [0.25, 0.3) is 5.91 Å². The molecular formula is C24H25N5O2. The molecule has 2 aromatic heterocycles. The number of rotatable bonds is 5. The number of nitrogens with zero attached hydrogens (tertiary/aromatic N) is 4. The minimum Gasteiger partial charge on any atom is -0.342 e. The van der Waals surface area contributed by atoms with Crippen molar-refractivity contribution in [2.75, 3.05) is 18.4 Å². The van der Waals surface area contributed by atoms with E-state index in [9.17, 15) is 9.59 Å². The van der Waals surface area contributed by atoms with Gasteiger partial charge in [-0.2, -0.15) is 0 Å². The summed E-state index contributed by atoms with van der Waals surface area (Å²) >= 11 is 0. The van der Waals surface area contributed by atoms with Crippen molar-refractivity contribution in [3.63, 3.8) is 0 Å². The van der Waals surface area contributed by atoms with Gasteiger partial charge in [0.2, 0.25) is 5.91 Å². The van der Waals surface area contributed by atoms with Crippen LogP contribution in [-0.2, 0) is 11.2 Å². The van der Waals surface area contributed by atoms with Gasteiger partial charge >= 0.3 is 0 Å². The number of carbonyl (C=O) groups excluding carboxylic acids is 2. The number of hydrogen-bond acceptors (Lipinski definition) is 5. The van der Waals surface area contributed by atoms with Crippen LogP contribution >= 0.6 is 0 Å². The van der Waals surface area contributed by atoms with Gasteiger partial charge in [0, 0.05) is 42.8 Å². The van der Waals surface area contributed by atoms with Gasteiger partial charge in [-0.15, -0.1) is 0 Å². The maximum absolute atomic E-state index is 12.7. The summed E-state index contributed by atoms with van der Waals surface area (Å²) in [7, 11) is 0. The molecule has 0 saturated carbocycles.